The molecule has 0 bridgehead atoms. The SMILES string of the molecule is CS(=O)(=O)c1cnn(-c2cnccn2)c1N. The predicted octanol–water partition coefficient (Wildman–Crippen LogP) is -0.352. The van der Waals surface area contributed by atoms with E-state index in [9.17, 15) is 8.42 Å². The van der Waals surface area contributed by atoms with Crippen molar-refractivity contribution in [3.8, 4) is 5.82 Å². The van der Waals surface area contributed by atoms with Gasteiger partial charge in [0.1, 0.15) is 10.7 Å². The molecule has 0 aliphatic rings. The Labute approximate surface area is 91.9 Å². The Hall–Kier alpha value is -1.96. The van der Waals surface area contributed by atoms with Gasteiger partial charge in [0.25, 0.3) is 0 Å². The summed E-state index contributed by atoms with van der Waals surface area (Å²) in [5, 5.41) is 3.86. The van der Waals surface area contributed by atoms with E-state index in [-0.39, 0.29) is 10.7 Å². The number of hydrogen-bond donors (Lipinski definition) is 1. The third-order valence-electron chi connectivity index (χ3n) is 1.94. The van der Waals surface area contributed by atoms with Gasteiger partial charge in [0.2, 0.25) is 0 Å². The highest BCUT2D eigenvalue weighted by Crippen LogP contribution is 2.19. The molecule has 16 heavy (non-hydrogen) atoms. The molecule has 0 aliphatic carbocycles. The highest BCUT2D eigenvalue weighted by molar-refractivity contribution is 7.90. The first-order valence-electron chi connectivity index (χ1n) is 4.30. The summed E-state index contributed by atoms with van der Waals surface area (Å²) >= 11 is 0. The van der Waals surface area contributed by atoms with Crippen LogP contribution in [0.2, 0.25) is 0 Å². The van der Waals surface area contributed by atoms with Crippen molar-refractivity contribution in [3.05, 3.63) is 24.8 Å². The molecule has 2 N–H and O–H groups in total. The average Bonchev–Trinajstić information content (AvgIpc) is 2.61. The number of nitrogens with two attached hydrogens (primary N) is 1. The molecule has 0 radical (unpaired) electrons. The van der Waals surface area contributed by atoms with Crippen LogP contribution in [-0.4, -0.2) is 34.4 Å². The molecular weight excluding hydrogens is 230 g/mol. The topological polar surface area (TPSA) is 104 Å². The van der Waals surface area contributed by atoms with Crippen LogP contribution in [0.25, 0.3) is 5.82 Å². The van der Waals surface area contributed by atoms with Crippen LogP contribution >= 0.6 is 0 Å². The Kier molecular flexibility index (Phi) is 2.35. The van der Waals surface area contributed by atoms with Gasteiger partial charge in [-0.2, -0.15) is 9.78 Å². The van der Waals surface area contributed by atoms with E-state index in [2.05, 4.69) is 15.1 Å². The van der Waals surface area contributed by atoms with Gasteiger partial charge in [-0.3, -0.25) is 4.98 Å². The quantitative estimate of drug-likeness (QED) is 0.768. The number of rotatable bonds is 2. The molecule has 0 aromatic carbocycles. The minimum absolute atomic E-state index is 0.0156. The Morgan fingerprint density at radius 2 is 2.06 bits per heavy atom. The van der Waals surface area contributed by atoms with Crippen LogP contribution in [0.4, 0.5) is 5.82 Å². The van der Waals surface area contributed by atoms with E-state index >= 15 is 0 Å². The summed E-state index contributed by atoms with van der Waals surface area (Å²) in [5.41, 5.74) is 5.68. The maximum atomic E-state index is 11.3. The lowest BCUT2D eigenvalue weighted by atomic mass is 10.6. The summed E-state index contributed by atoms with van der Waals surface area (Å²) in [6.45, 7) is 0. The summed E-state index contributed by atoms with van der Waals surface area (Å²) in [7, 11) is -3.38. The van der Waals surface area contributed by atoms with Crippen LogP contribution in [0.5, 0.6) is 0 Å². The van der Waals surface area contributed by atoms with Crippen molar-refractivity contribution in [1.29, 1.82) is 0 Å². The molecule has 0 aliphatic heterocycles. The lowest BCUT2D eigenvalue weighted by molar-refractivity contribution is 0.602. The second kappa shape index (κ2) is 3.56. The Morgan fingerprint density at radius 3 is 2.56 bits per heavy atom. The molecule has 2 heterocycles. The largest absolute Gasteiger partial charge is 0.382 e. The first kappa shape index (κ1) is 10.6. The maximum absolute atomic E-state index is 11.3. The van der Waals surface area contributed by atoms with E-state index in [1.165, 1.54) is 29.5 Å². The molecule has 2 aromatic rings. The number of sulfone groups is 1. The van der Waals surface area contributed by atoms with Crippen molar-refractivity contribution in [2.75, 3.05) is 12.0 Å². The summed E-state index contributed by atoms with van der Waals surface area (Å²) in [6.07, 6.45) is 6.67. The number of nitrogen functional groups attached to an aromatic ring is 1. The summed E-state index contributed by atoms with van der Waals surface area (Å²) < 4.78 is 23.9. The van der Waals surface area contributed by atoms with Gasteiger partial charge < -0.3 is 5.73 Å². The van der Waals surface area contributed by atoms with Crippen molar-refractivity contribution in [2.45, 2.75) is 4.90 Å². The van der Waals surface area contributed by atoms with Crippen LogP contribution in [0.1, 0.15) is 0 Å². The standard InChI is InChI=1S/C8H9N5O2S/c1-16(14,15)6-4-12-13(8(6)9)7-5-10-2-3-11-7/h2-5H,9H2,1H3. The molecule has 0 saturated carbocycles. The van der Waals surface area contributed by atoms with Gasteiger partial charge in [0.05, 0.1) is 12.4 Å². The van der Waals surface area contributed by atoms with Crippen LogP contribution in [0.3, 0.4) is 0 Å². The Morgan fingerprint density at radius 1 is 1.31 bits per heavy atom. The van der Waals surface area contributed by atoms with Gasteiger partial charge in [-0.15, -0.1) is 0 Å². The molecule has 7 nitrogen and oxygen atoms in total. The van der Waals surface area contributed by atoms with Crippen molar-refractivity contribution in [2.24, 2.45) is 0 Å². The average molecular weight is 239 g/mol. The van der Waals surface area contributed by atoms with Crippen LogP contribution in [0, 0.1) is 0 Å². The van der Waals surface area contributed by atoms with E-state index in [4.69, 9.17) is 5.73 Å². The monoisotopic (exact) mass is 239 g/mol. The second-order valence-electron chi connectivity index (χ2n) is 3.14. The van der Waals surface area contributed by atoms with E-state index < -0.39 is 9.84 Å². The maximum Gasteiger partial charge on any atom is 0.180 e. The lowest BCUT2D eigenvalue weighted by Crippen LogP contribution is -2.07. The summed E-state index contributed by atoms with van der Waals surface area (Å²) in [4.78, 5) is 7.80. The molecule has 0 atom stereocenters. The molecule has 8 heteroatoms. The minimum Gasteiger partial charge on any atom is -0.382 e. The van der Waals surface area contributed by atoms with Crippen LogP contribution in [-0.2, 0) is 9.84 Å². The molecule has 0 spiro atoms. The number of aromatic nitrogens is 4. The molecule has 0 fully saturated rings. The highest BCUT2D eigenvalue weighted by atomic mass is 32.2. The molecule has 2 aromatic heterocycles. The predicted molar refractivity (Wildman–Crippen MR) is 56.7 cm³/mol. The molecule has 2 rings (SSSR count). The molecular formula is C8H9N5O2S. The van der Waals surface area contributed by atoms with E-state index in [0.29, 0.717) is 5.82 Å². The van der Waals surface area contributed by atoms with Gasteiger partial charge in [-0.25, -0.2) is 13.4 Å². The lowest BCUT2D eigenvalue weighted by Gasteiger charge is -2.02. The summed E-state index contributed by atoms with van der Waals surface area (Å²) in [5.74, 6) is 0.401. The molecule has 0 saturated heterocycles. The van der Waals surface area contributed by atoms with Gasteiger partial charge in [-0.05, 0) is 0 Å². The number of anilines is 1. The fraction of sp³-hybridized carbons (Fsp3) is 0.125. The first-order valence-corrected chi connectivity index (χ1v) is 6.19. The van der Waals surface area contributed by atoms with Crippen molar-refractivity contribution >= 4 is 15.7 Å². The summed E-state index contributed by atoms with van der Waals surface area (Å²) in [6, 6.07) is 0. The highest BCUT2D eigenvalue weighted by Gasteiger charge is 2.17. The zero-order valence-electron chi connectivity index (χ0n) is 8.40. The minimum atomic E-state index is -3.38. The van der Waals surface area contributed by atoms with Crippen molar-refractivity contribution in [3.63, 3.8) is 0 Å². The zero-order valence-corrected chi connectivity index (χ0v) is 9.22. The van der Waals surface area contributed by atoms with Gasteiger partial charge >= 0.3 is 0 Å². The Balaban J connectivity index is 2.59. The van der Waals surface area contributed by atoms with Gasteiger partial charge in [-0.1, -0.05) is 0 Å². The van der Waals surface area contributed by atoms with E-state index in [1.807, 2.05) is 0 Å². The van der Waals surface area contributed by atoms with E-state index in [1.54, 1.807) is 0 Å². The van der Waals surface area contributed by atoms with Crippen LogP contribution < -0.4 is 5.73 Å². The fourth-order valence-corrected chi connectivity index (χ4v) is 1.92. The molecule has 0 unspecified atom stereocenters. The first-order chi connectivity index (χ1) is 7.50. The zero-order chi connectivity index (χ0) is 11.8. The third kappa shape index (κ3) is 1.74. The molecule has 0 amide bonds. The van der Waals surface area contributed by atoms with Crippen molar-refractivity contribution in [1.82, 2.24) is 19.7 Å². The normalized spacial score (nSPS) is 11.6. The number of hydrogen-bond acceptors (Lipinski definition) is 6. The van der Waals surface area contributed by atoms with Gasteiger partial charge in [0.15, 0.2) is 15.7 Å². The smallest absolute Gasteiger partial charge is 0.180 e. The second-order valence-corrected chi connectivity index (χ2v) is 5.13. The van der Waals surface area contributed by atoms with Crippen molar-refractivity contribution < 1.29 is 8.42 Å². The van der Waals surface area contributed by atoms with Crippen LogP contribution in [0.15, 0.2) is 29.7 Å². The molecule has 84 valence electrons. The Bertz CT molecular complexity index is 605. The van der Waals surface area contributed by atoms with Gasteiger partial charge in [0, 0.05) is 18.6 Å². The van der Waals surface area contributed by atoms with E-state index in [0.717, 1.165) is 6.26 Å². The number of nitrogens with zero attached hydrogens (tertiary/aromatic N) is 4. The fourth-order valence-electron chi connectivity index (χ4n) is 1.21. The third-order valence-corrected chi connectivity index (χ3v) is 3.05.